The highest BCUT2D eigenvalue weighted by Crippen LogP contribution is 2.35. The molecule has 0 aromatic heterocycles. The van der Waals surface area contributed by atoms with Crippen LogP contribution in [0.2, 0.25) is 0 Å². The third-order valence-corrected chi connectivity index (χ3v) is 4.98. The molecule has 2 fully saturated rings. The van der Waals surface area contributed by atoms with E-state index in [9.17, 15) is 0 Å². The van der Waals surface area contributed by atoms with Gasteiger partial charge in [0.1, 0.15) is 17.2 Å². The largest absolute Gasteiger partial charge is 0.496 e. The van der Waals surface area contributed by atoms with Crippen molar-refractivity contribution in [1.82, 2.24) is 10.6 Å². The Labute approximate surface area is 155 Å². The van der Waals surface area contributed by atoms with Crippen molar-refractivity contribution in [3.63, 3.8) is 0 Å². The lowest BCUT2D eigenvalue weighted by atomic mass is 9.96. The number of ether oxygens (including phenoxy) is 4. The SMILES string of the molecule is CCNC(=NCc1c(OC)cc(OC)cc1OC)NC1CC2CCC1O2. The van der Waals surface area contributed by atoms with E-state index in [1.54, 1.807) is 21.3 Å². The maximum Gasteiger partial charge on any atom is 0.191 e. The van der Waals surface area contributed by atoms with Gasteiger partial charge in [-0.3, -0.25) is 0 Å². The zero-order valence-corrected chi connectivity index (χ0v) is 16.0. The van der Waals surface area contributed by atoms with Gasteiger partial charge in [0.25, 0.3) is 0 Å². The van der Waals surface area contributed by atoms with Gasteiger partial charge in [-0.1, -0.05) is 0 Å². The predicted octanol–water partition coefficient (Wildman–Crippen LogP) is 2.09. The zero-order valence-electron chi connectivity index (χ0n) is 16.0. The molecule has 0 spiro atoms. The monoisotopic (exact) mass is 363 g/mol. The molecular formula is C19H29N3O4. The van der Waals surface area contributed by atoms with Gasteiger partial charge in [-0.2, -0.15) is 0 Å². The molecule has 3 atom stereocenters. The lowest BCUT2D eigenvalue weighted by Crippen LogP contribution is -2.47. The minimum absolute atomic E-state index is 0.300. The van der Waals surface area contributed by atoms with Gasteiger partial charge in [-0.25, -0.2) is 4.99 Å². The number of methoxy groups -OCH3 is 3. The number of rotatable bonds is 7. The van der Waals surface area contributed by atoms with Crippen molar-refractivity contribution in [3.05, 3.63) is 17.7 Å². The molecule has 0 amide bonds. The Morgan fingerprint density at radius 3 is 2.38 bits per heavy atom. The molecule has 2 aliphatic heterocycles. The normalized spacial score (nSPS) is 24.5. The lowest BCUT2D eigenvalue weighted by molar-refractivity contribution is 0.0992. The Kier molecular flexibility index (Phi) is 6.08. The van der Waals surface area contributed by atoms with Crippen LogP contribution in [0, 0.1) is 0 Å². The third-order valence-electron chi connectivity index (χ3n) is 4.98. The van der Waals surface area contributed by atoms with Gasteiger partial charge in [0, 0.05) is 18.7 Å². The molecule has 7 heteroatoms. The quantitative estimate of drug-likeness (QED) is 0.571. The summed E-state index contributed by atoms with van der Waals surface area (Å²) >= 11 is 0. The van der Waals surface area contributed by atoms with Crippen molar-refractivity contribution in [2.24, 2.45) is 4.99 Å². The standard InChI is InChI=1S/C19H29N3O4/c1-5-20-19(22-15-8-12-6-7-16(15)26-12)21-11-14-17(24-3)9-13(23-2)10-18(14)25-4/h9-10,12,15-16H,5-8,11H2,1-4H3,(H2,20,21,22). The van der Waals surface area contributed by atoms with Crippen LogP contribution in [0.4, 0.5) is 0 Å². The second-order valence-corrected chi connectivity index (χ2v) is 6.57. The summed E-state index contributed by atoms with van der Waals surface area (Å²) in [7, 11) is 4.89. The van der Waals surface area contributed by atoms with E-state index in [1.807, 2.05) is 12.1 Å². The Hall–Kier alpha value is -2.15. The molecule has 2 heterocycles. The molecule has 2 bridgehead atoms. The van der Waals surface area contributed by atoms with E-state index in [0.717, 1.165) is 30.9 Å². The molecule has 0 aliphatic carbocycles. The van der Waals surface area contributed by atoms with Crippen LogP contribution in [0.1, 0.15) is 31.7 Å². The fourth-order valence-electron chi connectivity index (χ4n) is 3.68. The maximum atomic E-state index is 5.93. The smallest absolute Gasteiger partial charge is 0.191 e. The van der Waals surface area contributed by atoms with E-state index in [-0.39, 0.29) is 0 Å². The highest BCUT2D eigenvalue weighted by molar-refractivity contribution is 5.80. The van der Waals surface area contributed by atoms with Crippen LogP contribution in [0.15, 0.2) is 17.1 Å². The third kappa shape index (κ3) is 3.98. The number of guanidine groups is 1. The van der Waals surface area contributed by atoms with E-state index in [1.165, 1.54) is 6.42 Å². The molecule has 0 radical (unpaired) electrons. The first-order valence-electron chi connectivity index (χ1n) is 9.17. The van der Waals surface area contributed by atoms with Gasteiger partial charge in [0.05, 0.1) is 51.7 Å². The Balaban J connectivity index is 1.76. The Morgan fingerprint density at radius 2 is 1.88 bits per heavy atom. The van der Waals surface area contributed by atoms with Crippen LogP contribution in [0.25, 0.3) is 0 Å². The van der Waals surface area contributed by atoms with Crippen molar-refractivity contribution in [2.75, 3.05) is 27.9 Å². The molecule has 0 saturated carbocycles. The Bertz CT molecular complexity index is 625. The average molecular weight is 363 g/mol. The molecule has 26 heavy (non-hydrogen) atoms. The minimum Gasteiger partial charge on any atom is -0.496 e. The van der Waals surface area contributed by atoms with Gasteiger partial charge in [0.2, 0.25) is 0 Å². The maximum absolute atomic E-state index is 5.93. The second kappa shape index (κ2) is 8.49. The van der Waals surface area contributed by atoms with Crippen LogP contribution < -0.4 is 24.8 Å². The van der Waals surface area contributed by atoms with Gasteiger partial charge < -0.3 is 29.6 Å². The first-order valence-corrected chi connectivity index (χ1v) is 9.17. The number of aliphatic imine (C=N–C) groups is 1. The number of nitrogens with one attached hydrogen (secondary N) is 2. The predicted molar refractivity (Wildman–Crippen MR) is 100 cm³/mol. The Morgan fingerprint density at radius 1 is 1.15 bits per heavy atom. The highest BCUT2D eigenvalue weighted by Gasteiger charge is 2.41. The number of nitrogens with zero attached hydrogens (tertiary/aromatic N) is 1. The number of hydrogen-bond acceptors (Lipinski definition) is 5. The van der Waals surface area contributed by atoms with E-state index in [2.05, 4.69) is 17.6 Å². The molecule has 144 valence electrons. The van der Waals surface area contributed by atoms with Crippen LogP contribution in [-0.4, -0.2) is 52.1 Å². The second-order valence-electron chi connectivity index (χ2n) is 6.57. The molecule has 7 nitrogen and oxygen atoms in total. The summed E-state index contributed by atoms with van der Waals surface area (Å²) in [4.78, 5) is 4.74. The van der Waals surface area contributed by atoms with Crippen molar-refractivity contribution < 1.29 is 18.9 Å². The van der Waals surface area contributed by atoms with Gasteiger partial charge in [-0.05, 0) is 26.2 Å². The first kappa shape index (κ1) is 18.6. The minimum atomic E-state index is 0.300. The van der Waals surface area contributed by atoms with Crippen LogP contribution >= 0.6 is 0 Å². The average Bonchev–Trinajstić information content (AvgIpc) is 3.28. The number of benzene rings is 1. The van der Waals surface area contributed by atoms with Crippen molar-refractivity contribution in [2.45, 2.75) is 51.0 Å². The molecule has 3 unspecified atom stereocenters. The fraction of sp³-hybridized carbons (Fsp3) is 0.632. The zero-order chi connectivity index (χ0) is 18.5. The van der Waals surface area contributed by atoms with Crippen molar-refractivity contribution >= 4 is 5.96 Å². The molecule has 2 aliphatic rings. The van der Waals surface area contributed by atoms with Crippen LogP contribution in [-0.2, 0) is 11.3 Å². The summed E-state index contributed by atoms with van der Waals surface area (Å²) in [6.07, 6.45) is 4.05. The summed E-state index contributed by atoms with van der Waals surface area (Å²) in [5.41, 5.74) is 0.886. The highest BCUT2D eigenvalue weighted by atomic mass is 16.5. The molecule has 1 aromatic carbocycles. The molecule has 3 rings (SSSR count). The van der Waals surface area contributed by atoms with E-state index >= 15 is 0 Å². The van der Waals surface area contributed by atoms with Gasteiger partial charge in [0.15, 0.2) is 5.96 Å². The first-order chi connectivity index (χ1) is 12.7. The van der Waals surface area contributed by atoms with Gasteiger partial charge in [-0.15, -0.1) is 0 Å². The van der Waals surface area contributed by atoms with E-state index < -0.39 is 0 Å². The number of fused-ring (bicyclic) bond motifs is 2. The van der Waals surface area contributed by atoms with Crippen LogP contribution in [0.5, 0.6) is 17.2 Å². The number of hydrogen-bond donors (Lipinski definition) is 2. The summed E-state index contributed by atoms with van der Waals surface area (Å²) in [5, 5.41) is 6.84. The molecule has 2 saturated heterocycles. The van der Waals surface area contributed by atoms with Crippen molar-refractivity contribution in [1.29, 1.82) is 0 Å². The fourth-order valence-corrected chi connectivity index (χ4v) is 3.68. The summed E-state index contributed by atoms with van der Waals surface area (Å²) < 4.78 is 22.2. The molecule has 1 aromatic rings. The van der Waals surface area contributed by atoms with E-state index in [0.29, 0.717) is 42.0 Å². The summed E-state index contributed by atoms with van der Waals surface area (Å²) in [6.45, 7) is 3.29. The van der Waals surface area contributed by atoms with Gasteiger partial charge >= 0.3 is 0 Å². The molecule has 2 N–H and O–H groups in total. The van der Waals surface area contributed by atoms with Crippen LogP contribution in [0.3, 0.4) is 0 Å². The topological polar surface area (TPSA) is 73.3 Å². The summed E-state index contributed by atoms with van der Waals surface area (Å²) in [6, 6.07) is 4.01. The van der Waals surface area contributed by atoms with E-state index in [4.69, 9.17) is 23.9 Å². The lowest BCUT2D eigenvalue weighted by Gasteiger charge is -2.23. The van der Waals surface area contributed by atoms with Crippen molar-refractivity contribution in [3.8, 4) is 17.2 Å². The summed E-state index contributed by atoms with van der Waals surface area (Å²) in [5.74, 6) is 2.87. The molecular weight excluding hydrogens is 334 g/mol.